The summed E-state index contributed by atoms with van der Waals surface area (Å²) >= 11 is 0. The number of nitrogens with one attached hydrogen (secondary N) is 1. The third-order valence-corrected chi connectivity index (χ3v) is 3.15. The Morgan fingerprint density at radius 1 is 1.56 bits per heavy atom. The van der Waals surface area contributed by atoms with E-state index in [2.05, 4.69) is 4.98 Å². The minimum atomic E-state index is -0.684. The van der Waals surface area contributed by atoms with Gasteiger partial charge in [0.15, 0.2) is 0 Å². The van der Waals surface area contributed by atoms with Gasteiger partial charge >= 0.3 is 5.69 Å². The van der Waals surface area contributed by atoms with Crippen molar-refractivity contribution in [3.8, 4) is 6.07 Å². The van der Waals surface area contributed by atoms with Crippen LogP contribution >= 0.6 is 0 Å². The summed E-state index contributed by atoms with van der Waals surface area (Å²) in [5.74, 6) is 0. The lowest BCUT2D eigenvalue weighted by molar-refractivity contribution is 0.0505. The number of aliphatic hydroxyl groups is 1. The van der Waals surface area contributed by atoms with Crippen LogP contribution in [0, 0.1) is 11.3 Å². The third kappa shape index (κ3) is 1.37. The van der Waals surface area contributed by atoms with Crippen molar-refractivity contribution >= 4 is 0 Å². The molecule has 1 heterocycles. The molecule has 16 heavy (non-hydrogen) atoms. The molecule has 6 nitrogen and oxygen atoms in total. The van der Waals surface area contributed by atoms with Gasteiger partial charge < -0.3 is 5.11 Å². The van der Waals surface area contributed by atoms with Crippen LogP contribution in [-0.2, 0) is 5.54 Å². The summed E-state index contributed by atoms with van der Waals surface area (Å²) in [5, 5.41) is 18.0. The zero-order valence-electron chi connectivity index (χ0n) is 8.56. The fraction of sp³-hybridized carbons (Fsp3) is 0.500. The second-order valence-corrected chi connectivity index (χ2v) is 4.02. The number of rotatable bonds is 2. The summed E-state index contributed by atoms with van der Waals surface area (Å²) in [5.41, 5.74) is -2.00. The van der Waals surface area contributed by atoms with Crippen molar-refractivity contribution in [2.45, 2.75) is 24.8 Å². The van der Waals surface area contributed by atoms with E-state index in [1.54, 1.807) is 6.07 Å². The number of hydrogen-bond acceptors (Lipinski definition) is 4. The summed E-state index contributed by atoms with van der Waals surface area (Å²) in [7, 11) is 0. The lowest BCUT2D eigenvalue weighted by Crippen LogP contribution is -2.51. The molecule has 84 valence electrons. The molecule has 0 radical (unpaired) electrons. The normalized spacial score (nSPS) is 17.5. The first-order chi connectivity index (χ1) is 7.63. The Kier molecular flexibility index (Phi) is 2.40. The van der Waals surface area contributed by atoms with Crippen LogP contribution in [0.15, 0.2) is 15.8 Å². The number of nitrogens with zero attached hydrogens (tertiary/aromatic N) is 2. The molecule has 0 spiro atoms. The molecule has 0 amide bonds. The predicted molar refractivity (Wildman–Crippen MR) is 54.9 cm³/mol. The lowest BCUT2D eigenvalue weighted by Gasteiger charge is -2.41. The van der Waals surface area contributed by atoms with Crippen LogP contribution in [0.5, 0.6) is 0 Å². The second kappa shape index (κ2) is 3.61. The molecule has 0 aliphatic heterocycles. The lowest BCUT2D eigenvalue weighted by atomic mass is 9.77. The van der Waals surface area contributed by atoms with Gasteiger partial charge in [-0.15, -0.1) is 0 Å². The van der Waals surface area contributed by atoms with E-state index in [4.69, 9.17) is 5.26 Å². The van der Waals surface area contributed by atoms with E-state index in [-0.39, 0.29) is 12.2 Å². The summed E-state index contributed by atoms with van der Waals surface area (Å²) in [6.07, 6.45) is 3.52. The molecule has 0 atom stereocenters. The van der Waals surface area contributed by atoms with Crippen molar-refractivity contribution in [2.75, 3.05) is 6.61 Å². The Hall–Kier alpha value is -1.87. The first kappa shape index (κ1) is 10.6. The number of aliphatic hydroxyl groups excluding tert-OH is 1. The van der Waals surface area contributed by atoms with Crippen molar-refractivity contribution in [1.82, 2.24) is 9.55 Å². The molecule has 1 aromatic rings. The van der Waals surface area contributed by atoms with Gasteiger partial charge in [0.2, 0.25) is 0 Å². The second-order valence-electron chi connectivity index (χ2n) is 4.02. The molecule has 1 aromatic heterocycles. The highest BCUT2D eigenvalue weighted by Gasteiger charge is 2.39. The van der Waals surface area contributed by atoms with Crippen molar-refractivity contribution in [3.63, 3.8) is 0 Å². The molecule has 1 aliphatic rings. The fourth-order valence-electron chi connectivity index (χ4n) is 1.96. The van der Waals surface area contributed by atoms with E-state index < -0.39 is 16.8 Å². The third-order valence-electron chi connectivity index (χ3n) is 3.15. The predicted octanol–water partition coefficient (Wildman–Crippen LogP) is -0.720. The molecule has 2 N–H and O–H groups in total. The number of H-pyrrole nitrogens is 1. The monoisotopic (exact) mass is 221 g/mol. The molecule has 1 aliphatic carbocycles. The smallest absolute Gasteiger partial charge is 0.328 e. The Morgan fingerprint density at radius 2 is 2.25 bits per heavy atom. The van der Waals surface area contributed by atoms with E-state index in [1.807, 2.05) is 0 Å². The highest BCUT2D eigenvalue weighted by atomic mass is 16.3. The molecular formula is C10H11N3O3. The molecule has 1 saturated carbocycles. The van der Waals surface area contributed by atoms with Gasteiger partial charge in [-0.1, -0.05) is 0 Å². The first-order valence-corrected chi connectivity index (χ1v) is 5.00. The number of nitriles is 1. The zero-order valence-corrected chi connectivity index (χ0v) is 8.56. The van der Waals surface area contributed by atoms with E-state index in [0.717, 1.165) is 6.42 Å². The Bertz CT molecular complexity index is 554. The molecular weight excluding hydrogens is 210 g/mol. The van der Waals surface area contributed by atoms with Crippen molar-refractivity contribution in [1.29, 1.82) is 5.26 Å². The van der Waals surface area contributed by atoms with Crippen LogP contribution in [0.25, 0.3) is 0 Å². The maximum atomic E-state index is 11.6. The van der Waals surface area contributed by atoms with Crippen LogP contribution in [-0.4, -0.2) is 21.3 Å². The summed E-state index contributed by atoms with van der Waals surface area (Å²) in [6, 6.07) is 1.72. The van der Waals surface area contributed by atoms with Crippen LogP contribution in [0.1, 0.15) is 24.8 Å². The average Bonchev–Trinajstić information content (AvgIpc) is 2.20. The van der Waals surface area contributed by atoms with E-state index in [9.17, 15) is 14.7 Å². The highest BCUT2D eigenvalue weighted by molar-refractivity contribution is 5.22. The number of hydrogen-bond donors (Lipinski definition) is 2. The minimum absolute atomic E-state index is 0.112. The SMILES string of the molecule is N#Cc1cn(C2(CO)CCC2)c(=O)[nH]c1=O. The summed E-state index contributed by atoms with van der Waals surface area (Å²) < 4.78 is 1.27. The van der Waals surface area contributed by atoms with Crippen molar-refractivity contribution in [2.24, 2.45) is 0 Å². The minimum Gasteiger partial charge on any atom is -0.394 e. The first-order valence-electron chi connectivity index (χ1n) is 5.00. The van der Waals surface area contributed by atoms with Gasteiger partial charge in [-0.3, -0.25) is 14.3 Å². The van der Waals surface area contributed by atoms with E-state index in [0.29, 0.717) is 12.8 Å². The van der Waals surface area contributed by atoms with Crippen LogP contribution in [0.3, 0.4) is 0 Å². The van der Waals surface area contributed by atoms with E-state index in [1.165, 1.54) is 10.8 Å². The largest absolute Gasteiger partial charge is 0.394 e. The number of aromatic nitrogens is 2. The average molecular weight is 221 g/mol. The summed E-state index contributed by atoms with van der Waals surface area (Å²) in [4.78, 5) is 24.9. The van der Waals surface area contributed by atoms with E-state index >= 15 is 0 Å². The van der Waals surface area contributed by atoms with Gasteiger partial charge in [-0.05, 0) is 19.3 Å². The van der Waals surface area contributed by atoms with Gasteiger partial charge in [0.25, 0.3) is 5.56 Å². The van der Waals surface area contributed by atoms with Crippen LogP contribution < -0.4 is 11.2 Å². The van der Waals surface area contributed by atoms with Crippen LogP contribution in [0.2, 0.25) is 0 Å². The van der Waals surface area contributed by atoms with Gasteiger partial charge in [-0.25, -0.2) is 4.79 Å². The van der Waals surface area contributed by atoms with Crippen molar-refractivity contribution < 1.29 is 5.11 Å². The molecule has 0 aromatic carbocycles. The highest BCUT2D eigenvalue weighted by Crippen LogP contribution is 2.37. The molecule has 0 bridgehead atoms. The van der Waals surface area contributed by atoms with Gasteiger partial charge in [0.05, 0.1) is 12.1 Å². The maximum absolute atomic E-state index is 11.6. The summed E-state index contributed by atoms with van der Waals surface area (Å²) in [6.45, 7) is -0.163. The topological polar surface area (TPSA) is 98.9 Å². The molecule has 0 saturated heterocycles. The maximum Gasteiger partial charge on any atom is 0.328 e. The van der Waals surface area contributed by atoms with Gasteiger partial charge in [0.1, 0.15) is 11.6 Å². The fourth-order valence-corrected chi connectivity index (χ4v) is 1.96. The standard InChI is InChI=1S/C10H11N3O3/c11-4-7-5-13(9(16)12-8(7)15)10(6-14)2-1-3-10/h5,14H,1-3,6H2,(H,12,15,16). The quantitative estimate of drug-likeness (QED) is 0.688. The Labute approximate surface area is 90.8 Å². The number of aromatic amines is 1. The molecule has 0 unspecified atom stereocenters. The van der Waals surface area contributed by atoms with Crippen molar-refractivity contribution in [3.05, 3.63) is 32.6 Å². The van der Waals surface area contributed by atoms with Gasteiger partial charge in [-0.2, -0.15) is 5.26 Å². The van der Waals surface area contributed by atoms with Crippen LogP contribution in [0.4, 0.5) is 0 Å². The molecule has 6 heteroatoms. The molecule has 1 fully saturated rings. The molecule has 2 rings (SSSR count). The zero-order chi connectivity index (χ0) is 11.8. The van der Waals surface area contributed by atoms with Gasteiger partial charge in [0, 0.05) is 6.20 Å². The Morgan fingerprint density at radius 3 is 2.69 bits per heavy atom. The Balaban J connectivity index is 2.62.